The summed E-state index contributed by atoms with van der Waals surface area (Å²) in [4.78, 5) is 29.7. The monoisotopic (exact) mass is 500 g/mol. The normalized spacial score (nSPS) is 15.0. The SMILES string of the molecule is CC[C@@H](C(=O)NC1CCCCC1)N(Cc1ccccc1C)C(=O)CCCSc1ccc(Cl)cc1. The summed E-state index contributed by atoms with van der Waals surface area (Å²) in [5.74, 6) is 0.883. The lowest BCUT2D eigenvalue weighted by Crippen LogP contribution is -2.51. The number of rotatable bonds is 11. The second-order valence-corrected chi connectivity index (χ2v) is 10.7. The number of aryl methyl sites for hydroxylation is 1. The van der Waals surface area contributed by atoms with Gasteiger partial charge in [-0.05, 0) is 73.8 Å². The minimum Gasteiger partial charge on any atom is -0.352 e. The zero-order valence-electron chi connectivity index (χ0n) is 20.4. The number of carbonyl (C=O) groups is 2. The summed E-state index contributed by atoms with van der Waals surface area (Å²) < 4.78 is 0. The van der Waals surface area contributed by atoms with Crippen LogP contribution in [0.4, 0.5) is 0 Å². The summed E-state index contributed by atoms with van der Waals surface area (Å²) in [5, 5.41) is 3.98. The highest BCUT2D eigenvalue weighted by atomic mass is 35.5. The highest BCUT2D eigenvalue weighted by Gasteiger charge is 2.30. The van der Waals surface area contributed by atoms with E-state index in [9.17, 15) is 9.59 Å². The third-order valence-electron chi connectivity index (χ3n) is 6.56. The number of carbonyl (C=O) groups excluding carboxylic acids is 2. The Kier molecular flexibility index (Phi) is 10.8. The van der Waals surface area contributed by atoms with E-state index in [0.717, 1.165) is 46.1 Å². The van der Waals surface area contributed by atoms with E-state index < -0.39 is 6.04 Å². The summed E-state index contributed by atoms with van der Waals surface area (Å²) in [6.45, 7) is 4.52. The summed E-state index contributed by atoms with van der Waals surface area (Å²) in [7, 11) is 0. The van der Waals surface area contributed by atoms with E-state index in [1.807, 2.05) is 48.2 Å². The van der Waals surface area contributed by atoms with Gasteiger partial charge in [-0.3, -0.25) is 9.59 Å². The second-order valence-electron chi connectivity index (χ2n) is 9.12. The van der Waals surface area contributed by atoms with Crippen LogP contribution in [0.2, 0.25) is 5.02 Å². The maximum absolute atomic E-state index is 13.4. The summed E-state index contributed by atoms with van der Waals surface area (Å²) >= 11 is 7.69. The highest BCUT2D eigenvalue weighted by Crippen LogP contribution is 2.23. The highest BCUT2D eigenvalue weighted by molar-refractivity contribution is 7.99. The predicted octanol–water partition coefficient (Wildman–Crippen LogP) is 6.78. The molecular weight excluding hydrogens is 464 g/mol. The number of hydrogen-bond acceptors (Lipinski definition) is 3. The van der Waals surface area contributed by atoms with Crippen molar-refractivity contribution in [2.45, 2.75) is 88.7 Å². The number of halogens is 1. The smallest absolute Gasteiger partial charge is 0.243 e. The average molecular weight is 501 g/mol. The van der Waals surface area contributed by atoms with Gasteiger partial charge in [0.25, 0.3) is 0 Å². The fourth-order valence-electron chi connectivity index (χ4n) is 4.52. The average Bonchev–Trinajstić information content (AvgIpc) is 2.84. The molecule has 3 rings (SSSR count). The Bertz CT molecular complexity index is 928. The third-order valence-corrected chi connectivity index (χ3v) is 7.91. The van der Waals surface area contributed by atoms with Gasteiger partial charge >= 0.3 is 0 Å². The molecule has 1 N–H and O–H groups in total. The Labute approximate surface area is 213 Å². The van der Waals surface area contributed by atoms with Gasteiger partial charge < -0.3 is 10.2 Å². The number of nitrogens with zero attached hydrogens (tertiary/aromatic N) is 1. The molecule has 34 heavy (non-hydrogen) atoms. The van der Waals surface area contributed by atoms with Crippen molar-refractivity contribution in [1.82, 2.24) is 10.2 Å². The number of thioether (sulfide) groups is 1. The van der Waals surface area contributed by atoms with E-state index in [0.29, 0.717) is 19.4 Å². The van der Waals surface area contributed by atoms with Crippen LogP contribution in [0.15, 0.2) is 53.4 Å². The second kappa shape index (κ2) is 13.8. The Morgan fingerprint density at radius 1 is 1.09 bits per heavy atom. The van der Waals surface area contributed by atoms with Crippen LogP contribution in [-0.2, 0) is 16.1 Å². The summed E-state index contributed by atoms with van der Waals surface area (Å²) in [6.07, 6.45) is 7.45. The molecule has 2 aromatic carbocycles. The molecule has 0 heterocycles. The maximum atomic E-state index is 13.4. The van der Waals surface area contributed by atoms with Gasteiger partial charge in [0.15, 0.2) is 0 Å². The van der Waals surface area contributed by atoms with Gasteiger partial charge in [-0.25, -0.2) is 0 Å². The van der Waals surface area contributed by atoms with E-state index in [2.05, 4.69) is 24.4 Å². The van der Waals surface area contributed by atoms with Gasteiger partial charge in [-0.15, -0.1) is 11.8 Å². The number of nitrogens with one attached hydrogen (secondary N) is 1. The molecule has 1 aliphatic carbocycles. The van der Waals surface area contributed by atoms with Crippen LogP contribution >= 0.6 is 23.4 Å². The first-order chi connectivity index (χ1) is 16.5. The van der Waals surface area contributed by atoms with E-state index in [4.69, 9.17) is 11.6 Å². The fraction of sp³-hybridized carbons (Fsp3) is 0.500. The molecule has 184 valence electrons. The Morgan fingerprint density at radius 2 is 1.79 bits per heavy atom. The molecule has 1 saturated carbocycles. The Balaban J connectivity index is 1.65. The topological polar surface area (TPSA) is 49.4 Å². The van der Waals surface area contributed by atoms with E-state index in [1.165, 1.54) is 19.3 Å². The quantitative estimate of drug-likeness (QED) is 0.273. The van der Waals surface area contributed by atoms with Gasteiger partial charge in [-0.2, -0.15) is 0 Å². The lowest BCUT2D eigenvalue weighted by molar-refractivity contribution is -0.141. The van der Waals surface area contributed by atoms with Crippen LogP contribution in [0.1, 0.15) is 69.4 Å². The van der Waals surface area contributed by atoms with E-state index in [1.54, 1.807) is 11.8 Å². The molecule has 4 nitrogen and oxygen atoms in total. The minimum absolute atomic E-state index is 0.00752. The Morgan fingerprint density at radius 3 is 2.47 bits per heavy atom. The van der Waals surface area contributed by atoms with Gasteiger partial charge in [-0.1, -0.05) is 62.1 Å². The van der Waals surface area contributed by atoms with Gasteiger partial charge in [0, 0.05) is 28.9 Å². The molecule has 1 atom stereocenters. The minimum atomic E-state index is -0.446. The lowest BCUT2D eigenvalue weighted by atomic mass is 9.95. The molecule has 0 radical (unpaired) electrons. The van der Waals surface area contributed by atoms with Crippen molar-refractivity contribution < 1.29 is 9.59 Å². The zero-order chi connectivity index (χ0) is 24.3. The molecule has 6 heteroatoms. The van der Waals surface area contributed by atoms with Crippen molar-refractivity contribution in [2.24, 2.45) is 0 Å². The molecule has 1 fully saturated rings. The number of amides is 2. The first-order valence-corrected chi connectivity index (χ1v) is 13.9. The molecule has 0 spiro atoms. The van der Waals surface area contributed by atoms with Crippen molar-refractivity contribution in [3.8, 4) is 0 Å². The van der Waals surface area contributed by atoms with Crippen molar-refractivity contribution in [2.75, 3.05) is 5.75 Å². The van der Waals surface area contributed by atoms with Crippen LogP contribution < -0.4 is 5.32 Å². The third kappa shape index (κ3) is 8.06. The first-order valence-electron chi connectivity index (χ1n) is 12.5. The number of benzene rings is 2. The van der Waals surface area contributed by atoms with Gasteiger partial charge in [0.1, 0.15) is 6.04 Å². The molecule has 0 unspecified atom stereocenters. The van der Waals surface area contributed by atoms with Crippen molar-refractivity contribution in [1.29, 1.82) is 0 Å². The lowest BCUT2D eigenvalue weighted by Gasteiger charge is -2.33. The molecule has 0 saturated heterocycles. The van der Waals surface area contributed by atoms with Crippen LogP contribution in [0.25, 0.3) is 0 Å². The molecule has 1 aliphatic rings. The standard InChI is InChI=1S/C28H37ClN2O2S/c1-3-26(28(33)30-24-12-5-4-6-13-24)31(20-22-11-8-7-10-21(22)2)27(32)14-9-19-34-25-17-15-23(29)16-18-25/h7-8,10-11,15-18,24,26H,3-6,9,12-14,19-20H2,1-2H3,(H,30,33)/t26-/m0/s1. The van der Waals surface area contributed by atoms with Gasteiger partial charge in [0.05, 0.1) is 0 Å². The van der Waals surface area contributed by atoms with E-state index >= 15 is 0 Å². The number of hydrogen-bond donors (Lipinski definition) is 1. The van der Waals surface area contributed by atoms with Crippen molar-refractivity contribution in [3.63, 3.8) is 0 Å². The molecule has 0 bridgehead atoms. The van der Waals surface area contributed by atoms with Crippen LogP contribution in [-0.4, -0.2) is 34.6 Å². The van der Waals surface area contributed by atoms with Gasteiger partial charge in [0.2, 0.25) is 11.8 Å². The summed E-state index contributed by atoms with van der Waals surface area (Å²) in [6, 6.07) is 15.7. The largest absolute Gasteiger partial charge is 0.352 e. The maximum Gasteiger partial charge on any atom is 0.243 e. The Hall–Kier alpha value is -1.98. The summed E-state index contributed by atoms with van der Waals surface area (Å²) in [5.41, 5.74) is 2.23. The van der Waals surface area contributed by atoms with Crippen LogP contribution in [0.5, 0.6) is 0 Å². The predicted molar refractivity (Wildman–Crippen MR) is 142 cm³/mol. The van der Waals surface area contributed by atoms with Crippen LogP contribution in [0, 0.1) is 6.92 Å². The van der Waals surface area contributed by atoms with Crippen molar-refractivity contribution in [3.05, 3.63) is 64.7 Å². The molecule has 0 aromatic heterocycles. The fourth-order valence-corrected chi connectivity index (χ4v) is 5.50. The van der Waals surface area contributed by atoms with Crippen molar-refractivity contribution >= 4 is 35.2 Å². The molecule has 0 aliphatic heterocycles. The zero-order valence-corrected chi connectivity index (χ0v) is 22.0. The first kappa shape index (κ1) is 26.6. The van der Waals surface area contributed by atoms with Crippen LogP contribution in [0.3, 0.4) is 0 Å². The molecule has 2 amide bonds. The molecule has 2 aromatic rings. The molecular formula is C28H37ClN2O2S. The van der Waals surface area contributed by atoms with E-state index in [-0.39, 0.29) is 17.9 Å².